The second kappa shape index (κ2) is 6.36. The molecule has 5 atom stereocenters. The SMILES string of the molecule is CCC1CCC(C)N1C1CC(C(C)(C)CC)CCC1O. The molecule has 1 saturated carbocycles. The number of aliphatic hydroxyl groups excluding tert-OH is 1. The van der Waals surface area contributed by atoms with Crippen LogP contribution >= 0.6 is 0 Å². The number of hydrogen-bond donors (Lipinski definition) is 1. The fourth-order valence-corrected chi connectivity index (χ4v) is 4.55. The summed E-state index contributed by atoms with van der Waals surface area (Å²) in [5.41, 5.74) is 0.420. The maximum absolute atomic E-state index is 10.6. The number of nitrogens with zero attached hydrogens (tertiary/aromatic N) is 1. The zero-order chi connectivity index (χ0) is 14.9. The largest absolute Gasteiger partial charge is 0.391 e. The van der Waals surface area contributed by atoms with Crippen LogP contribution in [0.3, 0.4) is 0 Å². The van der Waals surface area contributed by atoms with E-state index in [2.05, 4.69) is 39.5 Å². The van der Waals surface area contributed by atoms with E-state index >= 15 is 0 Å². The Bertz CT molecular complexity index is 315. The quantitative estimate of drug-likeness (QED) is 0.834. The summed E-state index contributed by atoms with van der Waals surface area (Å²) < 4.78 is 0. The molecule has 0 aromatic carbocycles. The van der Waals surface area contributed by atoms with Crippen molar-refractivity contribution in [2.24, 2.45) is 11.3 Å². The Labute approximate surface area is 125 Å². The summed E-state index contributed by atoms with van der Waals surface area (Å²) >= 11 is 0. The molecule has 1 saturated heterocycles. The highest BCUT2D eigenvalue weighted by atomic mass is 16.3. The third kappa shape index (κ3) is 3.06. The van der Waals surface area contributed by atoms with E-state index in [-0.39, 0.29) is 6.10 Å². The lowest BCUT2D eigenvalue weighted by Crippen LogP contribution is -2.53. The molecule has 2 heteroatoms. The van der Waals surface area contributed by atoms with Crippen LogP contribution in [-0.4, -0.2) is 34.2 Å². The molecule has 2 aliphatic rings. The minimum atomic E-state index is -0.103. The zero-order valence-corrected chi connectivity index (χ0v) is 14.2. The van der Waals surface area contributed by atoms with Crippen LogP contribution in [0.5, 0.6) is 0 Å². The van der Waals surface area contributed by atoms with E-state index in [9.17, 15) is 5.11 Å². The van der Waals surface area contributed by atoms with Crippen LogP contribution in [0.2, 0.25) is 0 Å². The van der Waals surface area contributed by atoms with E-state index in [0.717, 1.165) is 12.3 Å². The molecule has 0 bridgehead atoms. The topological polar surface area (TPSA) is 23.5 Å². The van der Waals surface area contributed by atoms with E-state index < -0.39 is 0 Å². The predicted molar refractivity (Wildman–Crippen MR) is 85.8 cm³/mol. The lowest BCUT2D eigenvalue weighted by atomic mass is 9.67. The molecule has 1 N–H and O–H groups in total. The van der Waals surface area contributed by atoms with Gasteiger partial charge in [0, 0.05) is 18.1 Å². The Balaban J connectivity index is 2.12. The van der Waals surface area contributed by atoms with E-state index in [1.165, 1.54) is 38.5 Å². The van der Waals surface area contributed by atoms with Crippen molar-refractivity contribution in [3.8, 4) is 0 Å². The Hall–Kier alpha value is -0.0800. The van der Waals surface area contributed by atoms with Gasteiger partial charge in [-0.05, 0) is 56.8 Å². The second-order valence-electron chi connectivity index (χ2n) is 7.92. The van der Waals surface area contributed by atoms with Crippen molar-refractivity contribution in [2.45, 2.75) is 104 Å². The summed E-state index contributed by atoms with van der Waals surface area (Å²) in [4.78, 5) is 2.68. The van der Waals surface area contributed by atoms with Crippen molar-refractivity contribution in [3.63, 3.8) is 0 Å². The number of likely N-dealkylation sites (tertiary alicyclic amines) is 1. The Kier molecular flexibility index (Phi) is 5.18. The van der Waals surface area contributed by atoms with Gasteiger partial charge in [0.15, 0.2) is 0 Å². The Morgan fingerprint density at radius 1 is 1.10 bits per heavy atom. The Morgan fingerprint density at radius 3 is 2.40 bits per heavy atom. The van der Waals surface area contributed by atoms with Gasteiger partial charge in [0.25, 0.3) is 0 Å². The summed E-state index contributed by atoms with van der Waals surface area (Å²) in [6.07, 6.45) is 8.40. The molecule has 2 nitrogen and oxygen atoms in total. The van der Waals surface area contributed by atoms with Crippen molar-refractivity contribution in [2.75, 3.05) is 0 Å². The van der Waals surface area contributed by atoms with Crippen LogP contribution in [0.4, 0.5) is 0 Å². The van der Waals surface area contributed by atoms with Gasteiger partial charge in [0.2, 0.25) is 0 Å². The van der Waals surface area contributed by atoms with Crippen molar-refractivity contribution in [1.82, 2.24) is 4.90 Å². The third-order valence-corrected chi connectivity index (χ3v) is 6.50. The maximum Gasteiger partial charge on any atom is 0.0695 e. The first-order chi connectivity index (χ1) is 9.40. The molecule has 0 spiro atoms. The van der Waals surface area contributed by atoms with E-state index in [1.54, 1.807) is 0 Å². The van der Waals surface area contributed by atoms with Crippen molar-refractivity contribution >= 4 is 0 Å². The normalized spacial score (nSPS) is 40.2. The highest BCUT2D eigenvalue weighted by molar-refractivity contribution is 4.97. The van der Waals surface area contributed by atoms with Gasteiger partial charge in [-0.25, -0.2) is 0 Å². The lowest BCUT2D eigenvalue weighted by molar-refractivity contribution is -0.0378. The summed E-state index contributed by atoms with van der Waals surface area (Å²) in [6.45, 7) is 11.8. The zero-order valence-electron chi connectivity index (χ0n) is 14.2. The first kappa shape index (κ1) is 16.3. The van der Waals surface area contributed by atoms with Crippen LogP contribution in [0, 0.1) is 11.3 Å². The standard InChI is InChI=1S/C18H35NO/c1-6-15-10-8-13(3)19(15)16-12-14(9-11-17(16)20)18(4,5)7-2/h13-17,20H,6-12H2,1-5H3. The molecule has 1 aliphatic heterocycles. The van der Waals surface area contributed by atoms with Crippen molar-refractivity contribution in [1.29, 1.82) is 0 Å². The van der Waals surface area contributed by atoms with Crippen LogP contribution in [-0.2, 0) is 0 Å². The smallest absolute Gasteiger partial charge is 0.0695 e. The third-order valence-electron chi connectivity index (χ3n) is 6.50. The molecule has 118 valence electrons. The molecule has 0 aromatic heterocycles. The molecule has 20 heavy (non-hydrogen) atoms. The molecular weight excluding hydrogens is 246 g/mol. The van der Waals surface area contributed by atoms with Gasteiger partial charge in [-0.1, -0.05) is 34.1 Å². The van der Waals surface area contributed by atoms with Gasteiger partial charge in [-0.2, -0.15) is 0 Å². The van der Waals surface area contributed by atoms with Crippen LogP contribution in [0.25, 0.3) is 0 Å². The highest BCUT2D eigenvalue weighted by Crippen LogP contribution is 2.44. The van der Waals surface area contributed by atoms with Crippen LogP contribution in [0.1, 0.15) is 79.6 Å². The van der Waals surface area contributed by atoms with E-state index in [4.69, 9.17) is 0 Å². The monoisotopic (exact) mass is 281 g/mol. The van der Waals surface area contributed by atoms with Crippen LogP contribution in [0.15, 0.2) is 0 Å². The molecule has 1 aliphatic carbocycles. The maximum atomic E-state index is 10.6. The number of hydrogen-bond acceptors (Lipinski definition) is 2. The fourth-order valence-electron chi connectivity index (χ4n) is 4.55. The summed E-state index contributed by atoms with van der Waals surface area (Å²) in [5, 5.41) is 10.6. The molecule has 0 aromatic rings. The van der Waals surface area contributed by atoms with Gasteiger partial charge < -0.3 is 5.11 Å². The molecule has 0 radical (unpaired) electrons. The first-order valence-electron chi connectivity index (χ1n) is 8.86. The second-order valence-corrected chi connectivity index (χ2v) is 7.92. The summed E-state index contributed by atoms with van der Waals surface area (Å²) in [5.74, 6) is 0.770. The Morgan fingerprint density at radius 2 is 1.80 bits per heavy atom. The number of rotatable bonds is 4. The molecule has 2 fully saturated rings. The molecule has 0 amide bonds. The van der Waals surface area contributed by atoms with Gasteiger partial charge >= 0.3 is 0 Å². The van der Waals surface area contributed by atoms with E-state index in [0.29, 0.717) is 23.5 Å². The summed E-state index contributed by atoms with van der Waals surface area (Å²) in [7, 11) is 0. The molecule has 1 heterocycles. The van der Waals surface area contributed by atoms with Gasteiger partial charge in [-0.3, -0.25) is 4.90 Å². The average Bonchev–Trinajstić information content (AvgIpc) is 2.80. The predicted octanol–water partition coefficient (Wildman–Crippen LogP) is 4.22. The first-order valence-corrected chi connectivity index (χ1v) is 8.86. The molecule has 5 unspecified atom stereocenters. The average molecular weight is 281 g/mol. The summed E-state index contributed by atoms with van der Waals surface area (Å²) in [6, 6.07) is 1.76. The molecule has 2 rings (SSSR count). The van der Waals surface area contributed by atoms with Gasteiger partial charge in [0.1, 0.15) is 0 Å². The van der Waals surface area contributed by atoms with Gasteiger partial charge in [0.05, 0.1) is 6.10 Å². The van der Waals surface area contributed by atoms with E-state index in [1.807, 2.05) is 0 Å². The fraction of sp³-hybridized carbons (Fsp3) is 1.00. The minimum Gasteiger partial charge on any atom is -0.391 e. The minimum absolute atomic E-state index is 0.103. The van der Waals surface area contributed by atoms with Crippen molar-refractivity contribution in [3.05, 3.63) is 0 Å². The van der Waals surface area contributed by atoms with Crippen molar-refractivity contribution < 1.29 is 5.11 Å². The lowest BCUT2D eigenvalue weighted by Gasteiger charge is -2.47. The van der Waals surface area contributed by atoms with Crippen LogP contribution < -0.4 is 0 Å². The highest BCUT2D eigenvalue weighted by Gasteiger charge is 2.43. The number of aliphatic hydroxyl groups is 1. The van der Waals surface area contributed by atoms with Gasteiger partial charge in [-0.15, -0.1) is 0 Å². The molecular formula is C18H35NO.